The number of nitrogens with zero attached hydrogens (tertiary/aromatic N) is 2. The van der Waals surface area contributed by atoms with Gasteiger partial charge < -0.3 is 24.4 Å². The molecule has 0 bridgehead atoms. The average molecular weight is 541 g/mol. The number of carbonyl (C=O) groups excluding carboxylic acids is 3. The molecule has 2 aromatic carbocycles. The molecule has 0 spiro atoms. The topological polar surface area (TPSA) is 107 Å². The van der Waals surface area contributed by atoms with Gasteiger partial charge in [0.15, 0.2) is 5.81 Å². The lowest BCUT2D eigenvalue weighted by atomic mass is 10.1. The molecule has 4 atom stereocenters. The van der Waals surface area contributed by atoms with Crippen molar-refractivity contribution in [2.45, 2.75) is 37.5 Å². The number of pyridine rings is 1. The molecule has 2 fully saturated rings. The Morgan fingerprint density at radius 1 is 1.20 bits per heavy atom. The number of aromatic nitrogens is 1. The van der Waals surface area contributed by atoms with Crippen molar-refractivity contribution in [1.82, 2.24) is 15.2 Å². The van der Waals surface area contributed by atoms with Crippen molar-refractivity contribution in [3.05, 3.63) is 67.3 Å². The van der Waals surface area contributed by atoms with E-state index in [0.717, 1.165) is 16.6 Å². The third-order valence-corrected chi connectivity index (χ3v) is 7.60. The number of fused-ring (bicyclic) bond motifs is 1. The van der Waals surface area contributed by atoms with Gasteiger partial charge in [0.1, 0.15) is 29.2 Å². The second kappa shape index (κ2) is 11.0. The molecule has 2 heterocycles. The van der Waals surface area contributed by atoms with Gasteiger partial charge in [0.05, 0.1) is 31.5 Å². The van der Waals surface area contributed by atoms with Crippen molar-refractivity contribution in [2.75, 3.05) is 20.3 Å². The molecular formula is C30H32BN3O6. The van der Waals surface area contributed by atoms with E-state index in [1.54, 1.807) is 20.1 Å². The van der Waals surface area contributed by atoms with Crippen LogP contribution in [0.3, 0.4) is 0 Å². The highest BCUT2D eigenvalue weighted by atomic mass is 16.5. The third-order valence-electron chi connectivity index (χ3n) is 7.60. The Bertz CT molecular complexity index is 1460. The van der Waals surface area contributed by atoms with Crippen molar-refractivity contribution in [3.8, 4) is 22.8 Å². The lowest BCUT2D eigenvalue weighted by Gasteiger charge is -2.25. The van der Waals surface area contributed by atoms with Crippen LogP contribution in [0.25, 0.3) is 22.2 Å². The summed E-state index contributed by atoms with van der Waals surface area (Å²) in [7, 11) is 3.03. The van der Waals surface area contributed by atoms with Gasteiger partial charge in [0.25, 0.3) is 0 Å². The van der Waals surface area contributed by atoms with Gasteiger partial charge in [-0.15, -0.1) is 6.58 Å². The van der Waals surface area contributed by atoms with Crippen LogP contribution in [-0.2, 0) is 14.3 Å². The SMILES string of the molecule is BC(=O)N1C[C@H](Oc2cc(-c3ccccc3)nc3cc(OC)ccc23)C[C@H]1C(=O)N[C@@]1(C(=O)OCC)CC1C=C. The van der Waals surface area contributed by atoms with Crippen LogP contribution < -0.4 is 14.8 Å². The first kappa shape index (κ1) is 27.2. The van der Waals surface area contributed by atoms with Crippen molar-refractivity contribution in [3.63, 3.8) is 0 Å². The van der Waals surface area contributed by atoms with Crippen LogP contribution >= 0.6 is 0 Å². The molecule has 1 unspecified atom stereocenters. The monoisotopic (exact) mass is 541 g/mol. The number of ether oxygens (including phenoxy) is 3. The number of carbonyl (C=O) groups is 3. The van der Waals surface area contributed by atoms with E-state index in [0.29, 0.717) is 23.4 Å². The first-order valence-corrected chi connectivity index (χ1v) is 13.4. The maximum absolute atomic E-state index is 13.5. The summed E-state index contributed by atoms with van der Waals surface area (Å²) in [4.78, 5) is 45.1. The molecule has 0 radical (unpaired) electrons. The summed E-state index contributed by atoms with van der Waals surface area (Å²) in [5.74, 6) is -0.0930. The molecule has 1 N–H and O–H groups in total. The Labute approximate surface area is 233 Å². The number of nitrogens with one attached hydrogen (secondary N) is 1. The number of methoxy groups -OCH3 is 1. The molecule has 9 nitrogen and oxygen atoms in total. The Hall–Kier alpha value is -4.34. The highest BCUT2D eigenvalue weighted by Crippen LogP contribution is 2.45. The number of hydrogen-bond acceptors (Lipinski definition) is 7. The first-order chi connectivity index (χ1) is 19.3. The molecule has 206 valence electrons. The van der Waals surface area contributed by atoms with Crippen LogP contribution in [0, 0.1) is 5.92 Å². The molecule has 40 heavy (non-hydrogen) atoms. The predicted octanol–water partition coefficient (Wildman–Crippen LogP) is 3.11. The summed E-state index contributed by atoms with van der Waals surface area (Å²) < 4.78 is 17.1. The number of hydrogen-bond donors (Lipinski definition) is 1. The van der Waals surface area contributed by atoms with Gasteiger partial charge in [-0.25, -0.2) is 9.78 Å². The minimum Gasteiger partial charge on any atom is -0.497 e. The van der Waals surface area contributed by atoms with E-state index in [1.165, 1.54) is 12.7 Å². The Morgan fingerprint density at radius 2 is 1.98 bits per heavy atom. The van der Waals surface area contributed by atoms with Gasteiger partial charge in [0, 0.05) is 35.4 Å². The predicted molar refractivity (Wildman–Crippen MR) is 153 cm³/mol. The fraction of sp³-hybridized carbons (Fsp3) is 0.333. The summed E-state index contributed by atoms with van der Waals surface area (Å²) >= 11 is 0. The summed E-state index contributed by atoms with van der Waals surface area (Å²) in [6.07, 6.45) is 1.88. The minimum absolute atomic E-state index is 0.204. The third kappa shape index (κ3) is 5.13. The Balaban J connectivity index is 1.42. The van der Waals surface area contributed by atoms with Crippen LogP contribution in [-0.4, -0.2) is 73.4 Å². The van der Waals surface area contributed by atoms with Gasteiger partial charge >= 0.3 is 5.97 Å². The number of amides is 2. The molecular weight excluding hydrogens is 509 g/mol. The summed E-state index contributed by atoms with van der Waals surface area (Å²) in [5, 5.41) is 3.67. The van der Waals surface area contributed by atoms with E-state index in [-0.39, 0.29) is 31.3 Å². The van der Waals surface area contributed by atoms with Gasteiger partial charge in [-0.05, 0) is 25.5 Å². The number of rotatable bonds is 9. The van der Waals surface area contributed by atoms with E-state index in [9.17, 15) is 14.4 Å². The van der Waals surface area contributed by atoms with E-state index in [4.69, 9.17) is 19.2 Å². The summed E-state index contributed by atoms with van der Waals surface area (Å²) in [6, 6.07) is 16.4. The standard InChI is InChI=1S/C30H32BN3O6/c1-4-19-16-30(19,28(36)39-5-2)33-27(35)25-14-21(17-34(25)29(31)37)40-26-15-23(18-9-7-6-8-10-18)32-24-13-20(38-3)11-12-22(24)26/h4,6-13,15,19,21,25H,1,5,14,16-17,31H2,2-3H3,(H,33,35)/t19?,21-,25+,30+/m1/s1. The molecule has 2 amide bonds. The zero-order valence-electron chi connectivity index (χ0n) is 22.9. The van der Waals surface area contributed by atoms with Crippen LogP contribution in [0.2, 0.25) is 0 Å². The molecule has 3 aromatic rings. The van der Waals surface area contributed by atoms with Gasteiger partial charge in [-0.2, -0.15) is 0 Å². The quantitative estimate of drug-likeness (QED) is 0.252. The molecule has 1 aliphatic heterocycles. The summed E-state index contributed by atoms with van der Waals surface area (Å²) in [6.45, 7) is 5.93. The van der Waals surface area contributed by atoms with Crippen LogP contribution in [0.1, 0.15) is 19.8 Å². The minimum atomic E-state index is -1.14. The van der Waals surface area contributed by atoms with Crippen molar-refractivity contribution in [2.24, 2.45) is 5.92 Å². The number of likely N-dealkylation sites (tertiary alicyclic amines) is 1. The molecule has 10 heteroatoms. The molecule has 5 rings (SSSR count). The second-order valence-corrected chi connectivity index (χ2v) is 10.1. The van der Waals surface area contributed by atoms with E-state index in [2.05, 4.69) is 11.9 Å². The smallest absolute Gasteiger partial charge is 0.332 e. The molecule has 1 aliphatic carbocycles. The van der Waals surface area contributed by atoms with Gasteiger partial charge in [0.2, 0.25) is 13.8 Å². The number of benzene rings is 2. The van der Waals surface area contributed by atoms with Crippen LogP contribution in [0.4, 0.5) is 4.79 Å². The molecule has 1 aromatic heterocycles. The fourth-order valence-electron chi connectivity index (χ4n) is 5.38. The molecule has 1 saturated heterocycles. The van der Waals surface area contributed by atoms with Crippen molar-refractivity contribution < 1.29 is 28.6 Å². The maximum atomic E-state index is 13.5. The molecule has 2 aliphatic rings. The summed E-state index contributed by atoms with van der Waals surface area (Å²) in [5.41, 5.74) is 1.22. The van der Waals surface area contributed by atoms with Crippen molar-refractivity contribution in [1.29, 1.82) is 0 Å². The van der Waals surface area contributed by atoms with Crippen LogP contribution in [0.5, 0.6) is 11.5 Å². The Morgan fingerprint density at radius 3 is 2.62 bits per heavy atom. The normalized spacial score (nSPS) is 23.4. The average Bonchev–Trinajstić information content (AvgIpc) is 3.51. The Kier molecular flexibility index (Phi) is 7.52. The van der Waals surface area contributed by atoms with Crippen molar-refractivity contribution >= 4 is 36.4 Å². The highest BCUT2D eigenvalue weighted by molar-refractivity contribution is 6.57. The largest absolute Gasteiger partial charge is 0.497 e. The van der Waals surface area contributed by atoms with Crippen LogP contribution in [0.15, 0.2) is 67.3 Å². The zero-order valence-corrected chi connectivity index (χ0v) is 22.9. The molecule has 1 saturated carbocycles. The number of esters is 1. The van der Waals surface area contributed by atoms with Gasteiger partial charge in [-0.3, -0.25) is 9.59 Å². The fourth-order valence-corrected chi connectivity index (χ4v) is 5.38. The zero-order chi connectivity index (χ0) is 28.4. The van der Waals surface area contributed by atoms with Gasteiger partial charge in [-0.1, -0.05) is 36.4 Å². The first-order valence-electron chi connectivity index (χ1n) is 13.4. The highest BCUT2D eigenvalue weighted by Gasteiger charge is 2.62. The maximum Gasteiger partial charge on any atom is 0.332 e. The van der Waals surface area contributed by atoms with E-state index < -0.39 is 29.6 Å². The van der Waals surface area contributed by atoms with E-state index in [1.807, 2.05) is 54.6 Å². The lowest BCUT2D eigenvalue weighted by Crippen LogP contribution is -2.53. The van der Waals surface area contributed by atoms with E-state index >= 15 is 0 Å². The lowest BCUT2D eigenvalue weighted by molar-refractivity contribution is -0.149. The second-order valence-electron chi connectivity index (χ2n) is 10.1.